The Labute approximate surface area is 150 Å². The van der Waals surface area contributed by atoms with E-state index in [9.17, 15) is 0 Å². The van der Waals surface area contributed by atoms with E-state index in [1.54, 1.807) is 12.3 Å². The number of hydrogen-bond acceptors (Lipinski definition) is 5. The predicted molar refractivity (Wildman–Crippen MR) is 102 cm³/mol. The first kappa shape index (κ1) is 15.6. The van der Waals surface area contributed by atoms with Crippen molar-refractivity contribution in [1.29, 1.82) is 0 Å². The maximum atomic E-state index is 5.70. The van der Waals surface area contributed by atoms with Crippen LogP contribution in [0.15, 0.2) is 72.9 Å². The van der Waals surface area contributed by atoms with Gasteiger partial charge in [-0.15, -0.1) is 6.42 Å². The van der Waals surface area contributed by atoms with Gasteiger partial charge in [-0.05, 0) is 48.4 Å². The maximum absolute atomic E-state index is 5.70. The summed E-state index contributed by atoms with van der Waals surface area (Å²) in [5.41, 5.74) is 1.67. The Balaban J connectivity index is 1.60. The van der Waals surface area contributed by atoms with Gasteiger partial charge >= 0.3 is 0 Å². The summed E-state index contributed by atoms with van der Waals surface area (Å²) in [6, 6.07) is 20.8. The standard InChI is InChI=1S/C21H14N4O/c1-2-19-24-18-8-4-3-7-17(18)21(25-19)23-15-10-12-16(13-11-15)26-20-9-5-6-14-22-20/h1,3-14H,(H,23,24,25). The zero-order valence-electron chi connectivity index (χ0n) is 13.8. The molecule has 0 amide bonds. The monoisotopic (exact) mass is 338 g/mol. The Morgan fingerprint density at radius 3 is 2.46 bits per heavy atom. The molecule has 0 aliphatic rings. The normalized spacial score (nSPS) is 10.3. The average Bonchev–Trinajstić information content (AvgIpc) is 2.70. The largest absolute Gasteiger partial charge is 0.439 e. The number of pyridine rings is 1. The van der Waals surface area contributed by atoms with Crippen molar-refractivity contribution in [1.82, 2.24) is 15.0 Å². The van der Waals surface area contributed by atoms with E-state index in [0.717, 1.165) is 16.6 Å². The van der Waals surface area contributed by atoms with Gasteiger partial charge in [0, 0.05) is 23.3 Å². The van der Waals surface area contributed by atoms with Gasteiger partial charge in [0.05, 0.1) is 5.52 Å². The molecule has 2 aromatic heterocycles. The Morgan fingerprint density at radius 2 is 1.69 bits per heavy atom. The van der Waals surface area contributed by atoms with Crippen molar-refractivity contribution < 1.29 is 4.74 Å². The summed E-state index contributed by atoms with van der Waals surface area (Å²) in [5, 5.41) is 4.20. The fraction of sp³-hybridized carbons (Fsp3) is 0. The molecule has 4 rings (SSSR count). The Hall–Kier alpha value is -3.91. The predicted octanol–water partition coefficient (Wildman–Crippen LogP) is 4.54. The first-order chi connectivity index (χ1) is 12.8. The van der Waals surface area contributed by atoms with Gasteiger partial charge in [0.1, 0.15) is 11.6 Å². The van der Waals surface area contributed by atoms with Crippen LogP contribution in [0.3, 0.4) is 0 Å². The van der Waals surface area contributed by atoms with Crippen molar-refractivity contribution in [2.24, 2.45) is 0 Å². The lowest BCUT2D eigenvalue weighted by Gasteiger charge is -2.10. The second-order valence-electron chi connectivity index (χ2n) is 5.48. The molecule has 0 aliphatic heterocycles. The van der Waals surface area contributed by atoms with Crippen LogP contribution in [-0.4, -0.2) is 15.0 Å². The molecular weight excluding hydrogens is 324 g/mol. The van der Waals surface area contributed by atoms with Crippen molar-refractivity contribution >= 4 is 22.4 Å². The number of benzene rings is 2. The third-order valence-corrected chi connectivity index (χ3v) is 3.71. The van der Waals surface area contributed by atoms with Crippen LogP contribution < -0.4 is 10.1 Å². The highest BCUT2D eigenvalue weighted by Gasteiger charge is 2.07. The van der Waals surface area contributed by atoms with Gasteiger partial charge in [0.25, 0.3) is 0 Å². The minimum absolute atomic E-state index is 0.348. The molecule has 2 aromatic carbocycles. The molecule has 0 unspecified atom stereocenters. The van der Waals surface area contributed by atoms with Crippen LogP contribution in [-0.2, 0) is 0 Å². The molecule has 5 nitrogen and oxygen atoms in total. The molecule has 5 heteroatoms. The van der Waals surface area contributed by atoms with E-state index in [1.807, 2.05) is 60.7 Å². The van der Waals surface area contributed by atoms with Crippen molar-refractivity contribution in [3.05, 3.63) is 78.8 Å². The van der Waals surface area contributed by atoms with E-state index in [4.69, 9.17) is 11.2 Å². The van der Waals surface area contributed by atoms with Gasteiger partial charge in [-0.25, -0.2) is 15.0 Å². The highest BCUT2D eigenvalue weighted by molar-refractivity contribution is 5.91. The van der Waals surface area contributed by atoms with Gasteiger partial charge in [-0.1, -0.05) is 18.2 Å². The molecule has 1 N–H and O–H groups in total. The van der Waals surface area contributed by atoms with E-state index in [2.05, 4.69) is 26.2 Å². The molecule has 26 heavy (non-hydrogen) atoms. The molecule has 0 aliphatic carbocycles. The van der Waals surface area contributed by atoms with E-state index >= 15 is 0 Å². The van der Waals surface area contributed by atoms with E-state index in [0.29, 0.717) is 23.3 Å². The number of rotatable bonds is 4. The molecule has 4 aromatic rings. The lowest BCUT2D eigenvalue weighted by atomic mass is 10.2. The van der Waals surface area contributed by atoms with Crippen LogP contribution in [0, 0.1) is 12.3 Å². The number of ether oxygens (including phenoxy) is 1. The number of terminal acetylenes is 1. The molecule has 0 radical (unpaired) electrons. The third kappa shape index (κ3) is 3.30. The first-order valence-electron chi connectivity index (χ1n) is 8.01. The Bertz CT molecular complexity index is 1090. The molecule has 0 saturated heterocycles. The SMILES string of the molecule is C#Cc1nc(Nc2ccc(Oc3ccccn3)cc2)c2ccccc2n1. The van der Waals surface area contributed by atoms with Crippen molar-refractivity contribution in [2.45, 2.75) is 0 Å². The van der Waals surface area contributed by atoms with Crippen molar-refractivity contribution in [3.63, 3.8) is 0 Å². The highest BCUT2D eigenvalue weighted by atomic mass is 16.5. The van der Waals surface area contributed by atoms with Gasteiger partial charge in [-0.2, -0.15) is 0 Å². The van der Waals surface area contributed by atoms with Gasteiger partial charge in [0.2, 0.25) is 11.7 Å². The molecule has 0 atom stereocenters. The number of fused-ring (bicyclic) bond motifs is 1. The van der Waals surface area contributed by atoms with Crippen LogP contribution >= 0.6 is 0 Å². The zero-order valence-corrected chi connectivity index (χ0v) is 13.8. The van der Waals surface area contributed by atoms with Crippen molar-refractivity contribution in [3.8, 4) is 24.0 Å². The summed E-state index contributed by atoms with van der Waals surface area (Å²) < 4.78 is 5.70. The molecule has 0 fully saturated rings. The van der Waals surface area contributed by atoms with Gasteiger partial charge in [-0.3, -0.25) is 0 Å². The zero-order chi connectivity index (χ0) is 17.8. The summed E-state index contributed by atoms with van der Waals surface area (Å²) in [5.74, 6) is 4.76. The van der Waals surface area contributed by atoms with E-state index in [-0.39, 0.29) is 0 Å². The lowest BCUT2D eigenvalue weighted by Crippen LogP contribution is -1.99. The number of nitrogens with zero attached hydrogens (tertiary/aromatic N) is 3. The number of hydrogen-bond donors (Lipinski definition) is 1. The quantitative estimate of drug-likeness (QED) is 0.554. The van der Waals surface area contributed by atoms with Gasteiger partial charge < -0.3 is 10.1 Å². The smallest absolute Gasteiger partial charge is 0.219 e. The second-order valence-corrected chi connectivity index (χ2v) is 5.48. The topological polar surface area (TPSA) is 59.9 Å². The molecule has 2 heterocycles. The third-order valence-electron chi connectivity index (χ3n) is 3.71. The maximum Gasteiger partial charge on any atom is 0.219 e. The lowest BCUT2D eigenvalue weighted by molar-refractivity contribution is 0.463. The molecule has 124 valence electrons. The van der Waals surface area contributed by atoms with E-state index in [1.165, 1.54) is 0 Å². The van der Waals surface area contributed by atoms with E-state index < -0.39 is 0 Å². The summed E-state index contributed by atoms with van der Waals surface area (Å²) in [4.78, 5) is 12.9. The number of anilines is 2. The second kappa shape index (κ2) is 6.91. The number of nitrogens with one attached hydrogen (secondary N) is 1. The average molecular weight is 338 g/mol. The fourth-order valence-electron chi connectivity index (χ4n) is 2.51. The Morgan fingerprint density at radius 1 is 0.885 bits per heavy atom. The molecule has 0 bridgehead atoms. The van der Waals surface area contributed by atoms with Crippen LogP contribution in [0.5, 0.6) is 11.6 Å². The first-order valence-corrected chi connectivity index (χ1v) is 8.01. The van der Waals surface area contributed by atoms with Crippen LogP contribution in [0.4, 0.5) is 11.5 Å². The number of aromatic nitrogens is 3. The minimum atomic E-state index is 0.348. The fourth-order valence-corrected chi connectivity index (χ4v) is 2.51. The van der Waals surface area contributed by atoms with Crippen LogP contribution in [0.2, 0.25) is 0 Å². The van der Waals surface area contributed by atoms with Crippen LogP contribution in [0.25, 0.3) is 10.9 Å². The van der Waals surface area contributed by atoms with Crippen LogP contribution in [0.1, 0.15) is 5.82 Å². The van der Waals surface area contributed by atoms with Crippen molar-refractivity contribution in [2.75, 3.05) is 5.32 Å². The van der Waals surface area contributed by atoms with Gasteiger partial charge in [0.15, 0.2) is 0 Å². The molecule has 0 saturated carbocycles. The summed E-state index contributed by atoms with van der Waals surface area (Å²) in [6.45, 7) is 0. The molecular formula is C21H14N4O. The highest BCUT2D eigenvalue weighted by Crippen LogP contribution is 2.26. The Kier molecular flexibility index (Phi) is 4.15. The summed E-state index contributed by atoms with van der Waals surface area (Å²) >= 11 is 0. The molecule has 0 spiro atoms. The summed E-state index contributed by atoms with van der Waals surface area (Å²) in [7, 11) is 0. The summed E-state index contributed by atoms with van der Waals surface area (Å²) in [6.07, 6.45) is 7.16. The minimum Gasteiger partial charge on any atom is -0.439 e. The number of para-hydroxylation sites is 1.